The summed E-state index contributed by atoms with van der Waals surface area (Å²) >= 11 is 0. The molecule has 2 aliphatic rings. The normalized spacial score (nSPS) is 20.1. The van der Waals surface area contributed by atoms with Gasteiger partial charge >= 0.3 is 0 Å². The Morgan fingerprint density at radius 3 is 2.67 bits per heavy atom. The molecule has 8 nitrogen and oxygen atoms in total. The summed E-state index contributed by atoms with van der Waals surface area (Å²) in [5.74, 6) is 1.28. The molecule has 0 aromatic heterocycles. The molecule has 1 amide bonds. The van der Waals surface area contributed by atoms with Crippen LogP contribution in [0, 0.1) is 24.0 Å². The van der Waals surface area contributed by atoms with Crippen LogP contribution in [0.4, 0.5) is 11.4 Å². The van der Waals surface area contributed by atoms with Crippen LogP contribution in [0.3, 0.4) is 0 Å². The Hall–Kier alpha value is -3.13. The summed E-state index contributed by atoms with van der Waals surface area (Å²) in [5.41, 5.74) is 3.02. The molecule has 2 aliphatic heterocycles. The van der Waals surface area contributed by atoms with Crippen LogP contribution in [-0.4, -0.2) is 37.1 Å². The van der Waals surface area contributed by atoms with E-state index in [4.69, 9.17) is 9.47 Å². The van der Waals surface area contributed by atoms with E-state index < -0.39 is 4.92 Å². The standard InChI is InChI=1S/C22H25N3O5/c1-14-10-17(19(25(27)28)11-15(14)2)23-22(26)13-24-7-3-4-18(24)16-5-6-20-21(12-16)30-9-8-29-20/h5-6,10-12,18H,3-4,7-9,13H2,1-2H3,(H,23,26)/p+1/t18-/m1/s1. The molecule has 0 saturated carbocycles. The third-order valence-electron chi connectivity index (χ3n) is 5.92. The van der Waals surface area contributed by atoms with Gasteiger partial charge in [-0.25, -0.2) is 0 Å². The molecule has 0 spiro atoms. The third kappa shape index (κ3) is 4.09. The fourth-order valence-electron chi connectivity index (χ4n) is 4.25. The SMILES string of the molecule is Cc1cc(NC(=O)C[NH+]2CCC[C@@H]2c2ccc3c(c2)OCCO3)c([N+](=O)[O-])cc1C. The zero-order valence-electron chi connectivity index (χ0n) is 17.2. The van der Waals surface area contributed by atoms with Gasteiger partial charge in [0.15, 0.2) is 18.0 Å². The second-order valence-electron chi connectivity index (χ2n) is 7.94. The number of nitro benzene ring substituents is 1. The molecular weight excluding hydrogens is 386 g/mol. The van der Waals surface area contributed by atoms with Gasteiger partial charge in [0, 0.05) is 24.5 Å². The smallest absolute Gasteiger partial charge is 0.293 e. The average Bonchev–Trinajstić information content (AvgIpc) is 3.17. The lowest BCUT2D eigenvalue weighted by atomic mass is 10.0. The summed E-state index contributed by atoms with van der Waals surface area (Å²) in [5, 5.41) is 14.2. The lowest BCUT2D eigenvalue weighted by Gasteiger charge is -2.24. The predicted octanol–water partition coefficient (Wildman–Crippen LogP) is 2.34. The van der Waals surface area contributed by atoms with Gasteiger partial charge < -0.3 is 19.7 Å². The maximum Gasteiger partial charge on any atom is 0.293 e. The van der Waals surface area contributed by atoms with Crippen LogP contribution < -0.4 is 19.7 Å². The lowest BCUT2D eigenvalue weighted by Crippen LogP contribution is -3.11. The second kappa shape index (κ2) is 8.31. The van der Waals surface area contributed by atoms with E-state index >= 15 is 0 Å². The highest BCUT2D eigenvalue weighted by molar-refractivity contribution is 5.94. The van der Waals surface area contributed by atoms with Gasteiger partial charge in [-0.05, 0) is 49.2 Å². The van der Waals surface area contributed by atoms with E-state index in [9.17, 15) is 14.9 Å². The molecule has 0 radical (unpaired) electrons. The van der Waals surface area contributed by atoms with Gasteiger partial charge in [0.25, 0.3) is 11.6 Å². The number of ether oxygens (including phenoxy) is 2. The molecule has 0 aliphatic carbocycles. The molecule has 8 heteroatoms. The highest BCUT2D eigenvalue weighted by Crippen LogP contribution is 2.33. The molecule has 1 fully saturated rings. The molecule has 2 aromatic rings. The largest absolute Gasteiger partial charge is 0.486 e. The van der Waals surface area contributed by atoms with Gasteiger partial charge in [0.05, 0.1) is 11.5 Å². The second-order valence-corrected chi connectivity index (χ2v) is 7.94. The summed E-state index contributed by atoms with van der Waals surface area (Å²) in [6, 6.07) is 9.33. The lowest BCUT2D eigenvalue weighted by molar-refractivity contribution is -0.910. The molecule has 2 aromatic carbocycles. The first-order valence-corrected chi connectivity index (χ1v) is 10.2. The first-order valence-electron chi connectivity index (χ1n) is 10.2. The van der Waals surface area contributed by atoms with Crippen LogP contribution in [0.15, 0.2) is 30.3 Å². The number of aryl methyl sites for hydroxylation is 2. The first kappa shape index (κ1) is 20.2. The Morgan fingerprint density at radius 2 is 1.90 bits per heavy atom. The number of quaternary nitrogens is 1. The van der Waals surface area contributed by atoms with E-state index in [0.717, 1.165) is 52.5 Å². The Morgan fingerprint density at radius 1 is 1.17 bits per heavy atom. The number of nitro groups is 1. The number of benzene rings is 2. The topological polar surface area (TPSA) is 95.1 Å². The van der Waals surface area contributed by atoms with Gasteiger partial charge in [0.1, 0.15) is 24.9 Å². The van der Waals surface area contributed by atoms with Crippen LogP contribution in [-0.2, 0) is 4.79 Å². The van der Waals surface area contributed by atoms with Crippen molar-refractivity contribution >= 4 is 17.3 Å². The van der Waals surface area contributed by atoms with Gasteiger partial charge in [-0.2, -0.15) is 0 Å². The summed E-state index contributed by atoms with van der Waals surface area (Å²) in [4.78, 5) is 24.8. The van der Waals surface area contributed by atoms with E-state index in [1.807, 2.05) is 32.0 Å². The van der Waals surface area contributed by atoms with Gasteiger partial charge in [-0.1, -0.05) is 0 Å². The van der Waals surface area contributed by atoms with Gasteiger partial charge in [-0.15, -0.1) is 0 Å². The molecule has 2 N–H and O–H groups in total. The third-order valence-corrected chi connectivity index (χ3v) is 5.92. The highest BCUT2D eigenvalue weighted by atomic mass is 16.6. The van der Waals surface area contributed by atoms with Crippen LogP contribution in [0.5, 0.6) is 11.5 Å². The van der Waals surface area contributed by atoms with E-state index in [-0.39, 0.29) is 29.9 Å². The minimum Gasteiger partial charge on any atom is -0.486 e. The molecule has 1 saturated heterocycles. The fraction of sp³-hybridized carbons (Fsp3) is 0.409. The van der Waals surface area contributed by atoms with Crippen molar-refractivity contribution in [1.29, 1.82) is 0 Å². The number of carbonyl (C=O) groups is 1. The summed E-state index contributed by atoms with van der Waals surface area (Å²) < 4.78 is 11.3. The number of nitrogens with one attached hydrogen (secondary N) is 2. The average molecular weight is 412 g/mol. The number of amides is 1. The number of hydrogen-bond acceptors (Lipinski definition) is 5. The summed E-state index contributed by atoms with van der Waals surface area (Å²) in [7, 11) is 0. The molecule has 30 heavy (non-hydrogen) atoms. The van der Waals surface area contributed by atoms with E-state index in [2.05, 4.69) is 5.32 Å². The highest BCUT2D eigenvalue weighted by Gasteiger charge is 2.33. The van der Waals surface area contributed by atoms with E-state index in [1.165, 1.54) is 6.07 Å². The van der Waals surface area contributed by atoms with Crippen LogP contribution in [0.2, 0.25) is 0 Å². The molecule has 2 atom stereocenters. The summed E-state index contributed by atoms with van der Waals surface area (Å²) in [6.07, 6.45) is 2.00. The number of fused-ring (bicyclic) bond motifs is 1. The van der Waals surface area contributed by atoms with Crippen molar-refractivity contribution in [1.82, 2.24) is 0 Å². The maximum absolute atomic E-state index is 12.7. The monoisotopic (exact) mass is 412 g/mol. The van der Waals surface area contributed by atoms with Crippen LogP contribution in [0.25, 0.3) is 0 Å². The van der Waals surface area contributed by atoms with Crippen LogP contribution in [0.1, 0.15) is 35.6 Å². The van der Waals surface area contributed by atoms with Crippen molar-refractivity contribution in [3.05, 3.63) is 57.1 Å². The number of rotatable bonds is 5. The quantitative estimate of drug-likeness (QED) is 0.581. The van der Waals surface area contributed by atoms with Crippen LogP contribution >= 0.6 is 0 Å². The predicted molar refractivity (Wildman–Crippen MR) is 111 cm³/mol. The van der Waals surface area contributed by atoms with Crippen molar-refractivity contribution in [3.8, 4) is 11.5 Å². The first-order chi connectivity index (χ1) is 14.4. The van der Waals surface area contributed by atoms with Crippen molar-refractivity contribution in [3.63, 3.8) is 0 Å². The Kier molecular flexibility index (Phi) is 5.59. The summed E-state index contributed by atoms with van der Waals surface area (Å²) in [6.45, 7) is 5.91. The fourth-order valence-corrected chi connectivity index (χ4v) is 4.25. The van der Waals surface area contributed by atoms with E-state index in [0.29, 0.717) is 13.2 Å². The Bertz CT molecular complexity index is 991. The minimum absolute atomic E-state index is 0.0775. The van der Waals surface area contributed by atoms with Gasteiger partial charge in [0.2, 0.25) is 0 Å². The molecule has 158 valence electrons. The molecule has 4 rings (SSSR count). The van der Waals surface area contributed by atoms with Crippen molar-refractivity contribution in [2.75, 3.05) is 31.6 Å². The maximum atomic E-state index is 12.7. The van der Waals surface area contributed by atoms with Crippen molar-refractivity contribution in [2.24, 2.45) is 0 Å². The number of hydrogen-bond donors (Lipinski definition) is 2. The molecule has 0 bridgehead atoms. The Labute approximate surface area is 174 Å². The zero-order valence-corrected chi connectivity index (χ0v) is 17.2. The van der Waals surface area contributed by atoms with Gasteiger partial charge in [-0.3, -0.25) is 14.9 Å². The minimum atomic E-state index is -0.456. The van der Waals surface area contributed by atoms with Crippen molar-refractivity contribution < 1.29 is 24.1 Å². The number of nitrogens with zero attached hydrogens (tertiary/aromatic N) is 1. The molecule has 1 unspecified atom stereocenters. The zero-order chi connectivity index (χ0) is 21.3. The van der Waals surface area contributed by atoms with E-state index in [1.54, 1.807) is 6.07 Å². The molecular formula is C22H26N3O5+. The number of anilines is 1. The molecule has 2 heterocycles. The Balaban J connectivity index is 1.48. The number of likely N-dealkylation sites (tertiary alicyclic amines) is 1. The van der Waals surface area contributed by atoms with Crippen molar-refractivity contribution in [2.45, 2.75) is 32.7 Å². The number of carbonyl (C=O) groups excluding carboxylic acids is 1.